The maximum absolute atomic E-state index is 10.6. The van der Waals surface area contributed by atoms with E-state index >= 15 is 0 Å². The molecule has 1 aromatic heterocycles. The molecule has 0 aliphatic rings. The molecule has 0 aliphatic heterocycles. The van der Waals surface area contributed by atoms with Crippen LogP contribution in [0.4, 0.5) is 4.39 Å². The fourth-order valence-electron chi connectivity index (χ4n) is 0.549. The molecule has 0 saturated carbocycles. The Kier molecular flexibility index (Phi) is 6.63. The number of hydrogen-bond acceptors (Lipinski definition) is 3. The van der Waals surface area contributed by atoms with Crippen LogP contribution in [-0.2, 0) is 0 Å². The fourth-order valence-corrected chi connectivity index (χ4v) is 0.549. The first kappa shape index (κ1) is 11.7. The second-order valence-corrected chi connectivity index (χ2v) is 2.34. The molecule has 0 amide bonds. The minimum Gasteiger partial charge on any atom is -0.298 e. The van der Waals surface area contributed by atoms with Crippen molar-refractivity contribution >= 4 is 6.29 Å². The largest absolute Gasteiger partial charge is 0.298 e. The van der Waals surface area contributed by atoms with Crippen molar-refractivity contribution in [2.24, 2.45) is 0 Å². The lowest BCUT2D eigenvalue weighted by atomic mass is 10.3. The maximum Gasteiger partial charge on any atom is 0.151 e. The molecular formula is C9H13FN2O. The van der Waals surface area contributed by atoms with E-state index in [9.17, 15) is 9.18 Å². The van der Waals surface area contributed by atoms with Gasteiger partial charge in [0.15, 0.2) is 6.29 Å². The summed E-state index contributed by atoms with van der Waals surface area (Å²) >= 11 is 0. The summed E-state index contributed by atoms with van der Waals surface area (Å²) in [6.45, 7) is 1.45. The van der Waals surface area contributed by atoms with Crippen molar-refractivity contribution < 1.29 is 9.18 Å². The Balaban J connectivity index is 0.000000310. The molecule has 0 radical (unpaired) electrons. The van der Waals surface area contributed by atoms with Crippen molar-refractivity contribution in [2.75, 3.05) is 13.8 Å². The highest BCUT2D eigenvalue weighted by Crippen LogP contribution is 1.94. The predicted octanol–water partition coefficient (Wildman–Crippen LogP) is 1.34. The fraction of sp³-hybridized carbons (Fsp3) is 0.333. The summed E-state index contributed by atoms with van der Waals surface area (Å²) in [4.78, 5) is 14.0. The van der Waals surface area contributed by atoms with Crippen molar-refractivity contribution in [1.82, 2.24) is 10.3 Å². The van der Waals surface area contributed by atoms with Crippen LogP contribution in [0.15, 0.2) is 18.3 Å². The van der Waals surface area contributed by atoms with E-state index < -0.39 is 6.80 Å². The first-order valence-corrected chi connectivity index (χ1v) is 3.83. The number of pyridine rings is 1. The molecule has 0 fully saturated rings. The van der Waals surface area contributed by atoms with Crippen LogP contribution >= 0.6 is 0 Å². The summed E-state index contributed by atoms with van der Waals surface area (Å²) in [6.07, 6.45) is 2.34. The zero-order chi connectivity index (χ0) is 10.1. The van der Waals surface area contributed by atoms with Gasteiger partial charge in [-0.05, 0) is 26.1 Å². The molecule has 1 rings (SSSR count). The number of aldehydes is 1. The summed E-state index contributed by atoms with van der Waals surface area (Å²) in [7, 11) is 1.56. The molecule has 1 aromatic rings. The average molecular weight is 184 g/mol. The van der Waals surface area contributed by atoms with Gasteiger partial charge in [-0.1, -0.05) is 0 Å². The van der Waals surface area contributed by atoms with Crippen molar-refractivity contribution in [1.29, 1.82) is 0 Å². The summed E-state index contributed by atoms with van der Waals surface area (Å²) in [5.41, 5.74) is 1.56. The zero-order valence-corrected chi connectivity index (χ0v) is 7.75. The molecule has 0 aliphatic carbocycles. The Bertz CT molecular complexity index is 234. The van der Waals surface area contributed by atoms with Crippen LogP contribution in [0.5, 0.6) is 0 Å². The van der Waals surface area contributed by atoms with E-state index in [2.05, 4.69) is 10.3 Å². The number of carbonyl (C=O) groups is 1. The highest BCUT2D eigenvalue weighted by atomic mass is 19.1. The van der Waals surface area contributed by atoms with Gasteiger partial charge in [-0.3, -0.25) is 15.1 Å². The van der Waals surface area contributed by atoms with Crippen LogP contribution in [0.2, 0.25) is 0 Å². The van der Waals surface area contributed by atoms with Gasteiger partial charge < -0.3 is 0 Å². The number of halogens is 1. The van der Waals surface area contributed by atoms with Gasteiger partial charge in [0.25, 0.3) is 0 Å². The van der Waals surface area contributed by atoms with Crippen LogP contribution in [0.1, 0.15) is 16.1 Å². The van der Waals surface area contributed by atoms with Crippen LogP contribution < -0.4 is 5.32 Å². The van der Waals surface area contributed by atoms with Gasteiger partial charge in [0, 0.05) is 17.5 Å². The van der Waals surface area contributed by atoms with Crippen molar-refractivity contribution in [3.63, 3.8) is 0 Å². The van der Waals surface area contributed by atoms with Gasteiger partial charge in [-0.25, -0.2) is 4.39 Å². The van der Waals surface area contributed by atoms with E-state index in [1.807, 2.05) is 13.0 Å². The first-order valence-electron chi connectivity index (χ1n) is 3.83. The third-order valence-electron chi connectivity index (χ3n) is 1.20. The maximum atomic E-state index is 10.6. The molecule has 0 aromatic carbocycles. The summed E-state index contributed by atoms with van der Waals surface area (Å²) < 4.78 is 10.6. The molecule has 1 N–H and O–H groups in total. The standard InChI is InChI=1S/C7H7NO.C2H6FN/c1-6-2-3-7(5-9)4-8-6;1-4-2-3/h2-5H,1H3;4H,2H2,1H3. The number of aromatic nitrogens is 1. The zero-order valence-electron chi connectivity index (χ0n) is 7.75. The summed E-state index contributed by atoms with van der Waals surface area (Å²) in [6, 6.07) is 3.55. The Morgan fingerprint density at radius 3 is 2.54 bits per heavy atom. The van der Waals surface area contributed by atoms with Crippen LogP contribution in [0.3, 0.4) is 0 Å². The predicted molar refractivity (Wildman–Crippen MR) is 49.4 cm³/mol. The Labute approximate surface area is 77.0 Å². The number of nitrogens with one attached hydrogen (secondary N) is 1. The highest BCUT2D eigenvalue weighted by molar-refractivity contribution is 5.73. The number of alkyl halides is 1. The minimum atomic E-state index is -0.431. The molecule has 13 heavy (non-hydrogen) atoms. The van der Waals surface area contributed by atoms with Crippen molar-refractivity contribution in [3.8, 4) is 0 Å². The Morgan fingerprint density at radius 2 is 2.23 bits per heavy atom. The van der Waals surface area contributed by atoms with Gasteiger partial charge in [-0.2, -0.15) is 0 Å². The van der Waals surface area contributed by atoms with E-state index in [-0.39, 0.29) is 0 Å². The third kappa shape index (κ3) is 5.93. The third-order valence-corrected chi connectivity index (χ3v) is 1.20. The van der Waals surface area contributed by atoms with E-state index in [0.29, 0.717) is 5.56 Å². The molecule has 3 nitrogen and oxygen atoms in total. The normalized spacial score (nSPS) is 8.54. The van der Waals surface area contributed by atoms with Gasteiger partial charge in [-0.15, -0.1) is 0 Å². The number of aryl methyl sites for hydroxylation is 1. The SMILES string of the molecule is CNCF.Cc1ccc(C=O)cn1. The molecule has 0 bridgehead atoms. The Morgan fingerprint density at radius 1 is 1.62 bits per heavy atom. The van der Waals surface area contributed by atoms with E-state index in [1.54, 1.807) is 19.3 Å². The lowest BCUT2D eigenvalue weighted by molar-refractivity contribution is 0.112. The smallest absolute Gasteiger partial charge is 0.151 e. The molecule has 0 atom stereocenters. The molecule has 0 saturated heterocycles. The van der Waals surface area contributed by atoms with Gasteiger partial charge in [0.2, 0.25) is 0 Å². The van der Waals surface area contributed by atoms with Gasteiger partial charge >= 0.3 is 0 Å². The molecular weight excluding hydrogens is 171 g/mol. The lowest BCUT2D eigenvalue weighted by Crippen LogP contribution is -1.99. The topological polar surface area (TPSA) is 42.0 Å². The lowest BCUT2D eigenvalue weighted by Gasteiger charge is -1.88. The Hall–Kier alpha value is -1.29. The number of hydrogen-bond donors (Lipinski definition) is 1. The van der Waals surface area contributed by atoms with Crippen LogP contribution in [-0.4, -0.2) is 25.1 Å². The summed E-state index contributed by atoms with van der Waals surface area (Å²) in [5.74, 6) is 0. The van der Waals surface area contributed by atoms with Crippen LogP contribution in [0, 0.1) is 6.92 Å². The van der Waals surface area contributed by atoms with Crippen molar-refractivity contribution in [3.05, 3.63) is 29.6 Å². The van der Waals surface area contributed by atoms with Gasteiger partial charge in [0.1, 0.15) is 6.80 Å². The van der Waals surface area contributed by atoms with Gasteiger partial charge in [0.05, 0.1) is 0 Å². The monoisotopic (exact) mass is 184 g/mol. The molecule has 4 heteroatoms. The highest BCUT2D eigenvalue weighted by Gasteiger charge is 1.86. The van der Waals surface area contributed by atoms with E-state index in [4.69, 9.17) is 0 Å². The second kappa shape index (κ2) is 7.36. The van der Waals surface area contributed by atoms with E-state index in [0.717, 1.165) is 12.0 Å². The average Bonchev–Trinajstić information content (AvgIpc) is 2.19. The molecule has 72 valence electrons. The minimum absolute atomic E-state index is 0.431. The van der Waals surface area contributed by atoms with E-state index in [1.165, 1.54) is 0 Å². The quantitative estimate of drug-likeness (QED) is 0.557. The summed E-state index contributed by atoms with van der Waals surface area (Å²) in [5, 5.41) is 2.26. The molecule has 0 spiro atoms. The molecule has 1 heterocycles. The second-order valence-electron chi connectivity index (χ2n) is 2.34. The van der Waals surface area contributed by atoms with Crippen LogP contribution in [0.25, 0.3) is 0 Å². The first-order chi connectivity index (χ1) is 6.24. The molecule has 0 unspecified atom stereocenters. The number of nitrogens with zero attached hydrogens (tertiary/aromatic N) is 1. The number of rotatable bonds is 2. The number of carbonyl (C=O) groups excluding carboxylic acids is 1. The van der Waals surface area contributed by atoms with Crippen molar-refractivity contribution in [2.45, 2.75) is 6.92 Å².